The van der Waals surface area contributed by atoms with Gasteiger partial charge in [0.1, 0.15) is 5.75 Å². The summed E-state index contributed by atoms with van der Waals surface area (Å²) in [6, 6.07) is 10.4. The standard InChI is InChI=1S/C18H25N5O/c1-4-19-18(21-17-11-13(17)2)20-12-14-9-10-23(22-14)15-5-7-16(24-3)8-6-15/h5-10,13,17H,4,11-12H2,1-3H3,(H2,19,20,21). The van der Waals surface area contributed by atoms with E-state index in [1.807, 2.05) is 41.2 Å². The first-order chi connectivity index (χ1) is 11.7. The van der Waals surface area contributed by atoms with Gasteiger partial charge in [0.15, 0.2) is 5.96 Å². The Labute approximate surface area is 142 Å². The number of aromatic nitrogens is 2. The monoisotopic (exact) mass is 327 g/mol. The molecule has 6 nitrogen and oxygen atoms in total. The summed E-state index contributed by atoms with van der Waals surface area (Å²) in [7, 11) is 1.66. The van der Waals surface area contributed by atoms with Crippen LogP contribution in [0.3, 0.4) is 0 Å². The lowest BCUT2D eigenvalue weighted by Gasteiger charge is -2.10. The van der Waals surface area contributed by atoms with Crippen LogP contribution in [0.1, 0.15) is 26.0 Å². The first kappa shape index (κ1) is 16.4. The van der Waals surface area contributed by atoms with Crippen LogP contribution in [0.4, 0.5) is 0 Å². The summed E-state index contributed by atoms with van der Waals surface area (Å²) in [5.74, 6) is 2.44. The van der Waals surface area contributed by atoms with E-state index in [2.05, 4.69) is 34.6 Å². The molecule has 3 rings (SSSR count). The average molecular weight is 327 g/mol. The molecule has 1 aromatic heterocycles. The third-order valence-electron chi connectivity index (χ3n) is 4.16. The Bertz CT molecular complexity index is 692. The molecule has 0 aliphatic heterocycles. The molecule has 2 unspecified atom stereocenters. The Morgan fingerprint density at radius 1 is 1.33 bits per heavy atom. The Morgan fingerprint density at radius 3 is 2.71 bits per heavy atom. The topological polar surface area (TPSA) is 63.5 Å². The molecule has 1 heterocycles. The van der Waals surface area contributed by atoms with Gasteiger partial charge >= 0.3 is 0 Å². The maximum absolute atomic E-state index is 5.18. The normalized spacial score (nSPS) is 19.9. The van der Waals surface area contributed by atoms with Crippen molar-refractivity contribution in [3.8, 4) is 11.4 Å². The van der Waals surface area contributed by atoms with Crippen molar-refractivity contribution in [3.05, 3.63) is 42.2 Å². The molecule has 1 aliphatic carbocycles. The van der Waals surface area contributed by atoms with Crippen LogP contribution >= 0.6 is 0 Å². The summed E-state index contributed by atoms with van der Waals surface area (Å²) in [6.45, 7) is 5.73. The maximum atomic E-state index is 5.18. The number of methoxy groups -OCH3 is 1. The number of ether oxygens (including phenoxy) is 1. The van der Waals surface area contributed by atoms with Crippen LogP contribution < -0.4 is 15.4 Å². The van der Waals surface area contributed by atoms with Crippen LogP contribution in [0.2, 0.25) is 0 Å². The SMILES string of the molecule is CCNC(=NCc1ccn(-c2ccc(OC)cc2)n1)NC1CC1C. The molecule has 0 amide bonds. The van der Waals surface area contributed by atoms with E-state index in [9.17, 15) is 0 Å². The number of rotatable bonds is 6. The number of hydrogen-bond acceptors (Lipinski definition) is 3. The van der Waals surface area contributed by atoms with Gasteiger partial charge in [0, 0.05) is 18.8 Å². The number of nitrogens with zero attached hydrogens (tertiary/aromatic N) is 3. The fraction of sp³-hybridized carbons (Fsp3) is 0.444. The highest BCUT2D eigenvalue weighted by molar-refractivity contribution is 5.80. The minimum absolute atomic E-state index is 0.555. The molecule has 6 heteroatoms. The smallest absolute Gasteiger partial charge is 0.191 e. The lowest BCUT2D eigenvalue weighted by Crippen LogP contribution is -2.39. The van der Waals surface area contributed by atoms with Gasteiger partial charge in [-0.1, -0.05) is 6.92 Å². The zero-order chi connectivity index (χ0) is 16.9. The Balaban J connectivity index is 1.64. The number of guanidine groups is 1. The van der Waals surface area contributed by atoms with E-state index in [-0.39, 0.29) is 0 Å². The highest BCUT2D eigenvalue weighted by Gasteiger charge is 2.33. The molecule has 1 saturated carbocycles. The molecule has 0 radical (unpaired) electrons. The van der Waals surface area contributed by atoms with Crippen molar-refractivity contribution in [2.75, 3.05) is 13.7 Å². The van der Waals surface area contributed by atoms with Crippen molar-refractivity contribution in [2.45, 2.75) is 32.9 Å². The Morgan fingerprint density at radius 2 is 2.08 bits per heavy atom. The van der Waals surface area contributed by atoms with Gasteiger partial charge < -0.3 is 15.4 Å². The summed E-state index contributed by atoms with van der Waals surface area (Å²) in [4.78, 5) is 4.63. The van der Waals surface area contributed by atoms with E-state index < -0.39 is 0 Å². The molecule has 0 spiro atoms. The number of nitrogens with one attached hydrogen (secondary N) is 2. The van der Waals surface area contributed by atoms with Crippen LogP contribution in [0.5, 0.6) is 5.75 Å². The van der Waals surface area contributed by atoms with Crippen molar-refractivity contribution in [3.63, 3.8) is 0 Å². The molecule has 24 heavy (non-hydrogen) atoms. The third-order valence-corrected chi connectivity index (χ3v) is 4.16. The largest absolute Gasteiger partial charge is 0.497 e. The molecule has 128 valence electrons. The predicted molar refractivity (Wildman–Crippen MR) is 95.6 cm³/mol. The van der Waals surface area contributed by atoms with Gasteiger partial charge in [-0.2, -0.15) is 5.10 Å². The Kier molecular flexibility index (Phi) is 5.03. The maximum Gasteiger partial charge on any atom is 0.191 e. The number of benzene rings is 1. The minimum Gasteiger partial charge on any atom is -0.497 e. The van der Waals surface area contributed by atoms with E-state index in [1.165, 1.54) is 6.42 Å². The highest BCUT2D eigenvalue weighted by atomic mass is 16.5. The fourth-order valence-electron chi connectivity index (χ4n) is 2.50. The third kappa shape index (κ3) is 4.07. The van der Waals surface area contributed by atoms with E-state index in [0.717, 1.165) is 35.6 Å². The second kappa shape index (κ2) is 7.38. The molecule has 0 saturated heterocycles. The average Bonchev–Trinajstić information content (AvgIpc) is 3.10. The first-order valence-corrected chi connectivity index (χ1v) is 8.43. The summed E-state index contributed by atoms with van der Waals surface area (Å²) >= 11 is 0. The van der Waals surface area contributed by atoms with Crippen molar-refractivity contribution >= 4 is 5.96 Å². The van der Waals surface area contributed by atoms with E-state index in [1.54, 1.807) is 7.11 Å². The van der Waals surface area contributed by atoms with Crippen molar-refractivity contribution in [2.24, 2.45) is 10.9 Å². The minimum atomic E-state index is 0.555. The second-order valence-corrected chi connectivity index (χ2v) is 6.11. The van der Waals surface area contributed by atoms with E-state index in [4.69, 9.17) is 4.74 Å². The van der Waals surface area contributed by atoms with Gasteiger partial charge in [0.25, 0.3) is 0 Å². The molecule has 1 fully saturated rings. The fourth-order valence-corrected chi connectivity index (χ4v) is 2.50. The van der Waals surface area contributed by atoms with Crippen LogP contribution in [-0.4, -0.2) is 35.4 Å². The zero-order valence-corrected chi connectivity index (χ0v) is 14.5. The lowest BCUT2D eigenvalue weighted by atomic mass is 10.3. The molecule has 2 atom stereocenters. The number of hydrogen-bond donors (Lipinski definition) is 2. The molecule has 2 aromatic rings. The summed E-state index contributed by atoms with van der Waals surface area (Å²) in [5.41, 5.74) is 1.94. The first-order valence-electron chi connectivity index (χ1n) is 8.43. The van der Waals surface area contributed by atoms with Crippen LogP contribution in [0.15, 0.2) is 41.5 Å². The van der Waals surface area contributed by atoms with Gasteiger partial charge in [-0.15, -0.1) is 0 Å². The van der Waals surface area contributed by atoms with Crippen molar-refractivity contribution < 1.29 is 4.74 Å². The summed E-state index contributed by atoms with van der Waals surface area (Å²) < 4.78 is 7.04. The molecule has 2 N–H and O–H groups in total. The van der Waals surface area contributed by atoms with Crippen molar-refractivity contribution in [1.82, 2.24) is 20.4 Å². The lowest BCUT2D eigenvalue weighted by molar-refractivity contribution is 0.414. The van der Waals surface area contributed by atoms with Crippen LogP contribution in [-0.2, 0) is 6.54 Å². The van der Waals surface area contributed by atoms with Crippen LogP contribution in [0.25, 0.3) is 5.69 Å². The van der Waals surface area contributed by atoms with Crippen molar-refractivity contribution in [1.29, 1.82) is 0 Å². The van der Waals surface area contributed by atoms with E-state index >= 15 is 0 Å². The predicted octanol–water partition coefficient (Wildman–Crippen LogP) is 2.34. The van der Waals surface area contributed by atoms with Crippen LogP contribution in [0, 0.1) is 5.92 Å². The summed E-state index contributed by atoms with van der Waals surface area (Å²) in [5, 5.41) is 11.3. The van der Waals surface area contributed by atoms with Gasteiger partial charge in [0.2, 0.25) is 0 Å². The number of aliphatic imine (C=N–C) groups is 1. The van der Waals surface area contributed by atoms with Gasteiger partial charge in [-0.25, -0.2) is 9.67 Å². The molecular weight excluding hydrogens is 302 g/mol. The van der Waals surface area contributed by atoms with E-state index in [0.29, 0.717) is 12.6 Å². The highest BCUT2D eigenvalue weighted by Crippen LogP contribution is 2.28. The van der Waals surface area contributed by atoms with Gasteiger partial charge in [-0.3, -0.25) is 0 Å². The molecule has 1 aliphatic rings. The second-order valence-electron chi connectivity index (χ2n) is 6.11. The molecule has 0 bridgehead atoms. The van der Waals surface area contributed by atoms with Gasteiger partial charge in [0.05, 0.1) is 25.0 Å². The molecular formula is C18H25N5O. The van der Waals surface area contributed by atoms with Gasteiger partial charge in [-0.05, 0) is 49.6 Å². The Hall–Kier alpha value is -2.50. The summed E-state index contributed by atoms with van der Waals surface area (Å²) in [6.07, 6.45) is 3.17. The quantitative estimate of drug-likeness (QED) is 0.631. The zero-order valence-electron chi connectivity index (χ0n) is 14.5. The molecule has 1 aromatic carbocycles.